The molecule has 0 spiro atoms. The number of hydrogen-bond acceptors (Lipinski definition) is 6. The van der Waals surface area contributed by atoms with Crippen LogP contribution in [0.4, 0.5) is 8.78 Å². The number of aryl methyl sites for hydroxylation is 1. The number of hydrogen-bond donors (Lipinski definition) is 3. The Hall–Kier alpha value is -4.20. The molecule has 0 aliphatic carbocycles. The van der Waals surface area contributed by atoms with Gasteiger partial charge in [-0.15, -0.1) is 6.42 Å². The lowest BCUT2D eigenvalue weighted by molar-refractivity contribution is 0.0755. The standard InChI is InChI=1S/C32H37F2N5O3/c1-5-10-39(11-6-2)32(42)24-13-21(4)12-23(17-24)31(41)38-28(16-22-14-25(33)18-26(34)15-22)29(40)20-35-19-27-8-9-36-30(7-3)37-27/h3,8-9,12-15,17-18,28-29,35,40H,5-6,10-11,16,19-20H2,1-2,4H3,(H,38,41)/t28-,29+/m0/s1. The number of aliphatic hydroxyl groups is 1. The van der Waals surface area contributed by atoms with E-state index in [1.807, 2.05) is 13.8 Å². The molecule has 0 fully saturated rings. The third-order valence-electron chi connectivity index (χ3n) is 6.52. The second kappa shape index (κ2) is 15.7. The number of terminal acetylenes is 1. The zero-order valence-corrected chi connectivity index (χ0v) is 24.2. The van der Waals surface area contributed by atoms with Crippen LogP contribution in [0.15, 0.2) is 48.7 Å². The number of benzene rings is 2. The van der Waals surface area contributed by atoms with Crippen molar-refractivity contribution in [3.05, 3.63) is 94.1 Å². The summed E-state index contributed by atoms with van der Waals surface area (Å²) in [5.41, 5.74) is 2.23. The summed E-state index contributed by atoms with van der Waals surface area (Å²) in [5.74, 6) is 0.378. The SMILES string of the molecule is C#Cc1nccc(CNC[C@@H](O)[C@H](Cc2cc(F)cc(F)c2)NC(=O)c2cc(C)cc(C(=O)N(CCC)CCC)c2)n1. The first-order valence-electron chi connectivity index (χ1n) is 14.0. The van der Waals surface area contributed by atoms with E-state index in [2.05, 4.69) is 26.5 Å². The normalized spacial score (nSPS) is 12.3. The van der Waals surface area contributed by atoms with E-state index in [9.17, 15) is 23.5 Å². The fourth-order valence-electron chi connectivity index (χ4n) is 4.65. The van der Waals surface area contributed by atoms with Crippen LogP contribution in [0.25, 0.3) is 0 Å². The lowest BCUT2D eigenvalue weighted by atomic mass is 9.99. The Kier molecular flexibility index (Phi) is 12.1. The lowest BCUT2D eigenvalue weighted by Gasteiger charge is -2.25. The molecule has 2 atom stereocenters. The number of carbonyl (C=O) groups is 2. The van der Waals surface area contributed by atoms with E-state index in [0.29, 0.717) is 24.3 Å². The molecule has 10 heteroatoms. The Bertz CT molecular complexity index is 1400. The van der Waals surface area contributed by atoms with Gasteiger partial charge in [0, 0.05) is 49.6 Å². The number of halogens is 2. The molecule has 0 saturated carbocycles. The molecule has 0 unspecified atom stereocenters. The first-order valence-corrected chi connectivity index (χ1v) is 14.0. The molecule has 0 radical (unpaired) electrons. The smallest absolute Gasteiger partial charge is 0.253 e. The van der Waals surface area contributed by atoms with Gasteiger partial charge in [-0.3, -0.25) is 9.59 Å². The molecule has 1 aromatic heterocycles. The Morgan fingerprint density at radius 3 is 2.36 bits per heavy atom. The van der Waals surface area contributed by atoms with Gasteiger partial charge in [-0.25, -0.2) is 18.7 Å². The number of aliphatic hydroxyl groups excluding tert-OH is 1. The highest BCUT2D eigenvalue weighted by atomic mass is 19.1. The average molecular weight is 578 g/mol. The van der Waals surface area contributed by atoms with E-state index < -0.39 is 29.7 Å². The Morgan fingerprint density at radius 2 is 1.71 bits per heavy atom. The molecule has 0 aliphatic rings. The predicted molar refractivity (Wildman–Crippen MR) is 157 cm³/mol. The molecular weight excluding hydrogens is 540 g/mol. The van der Waals surface area contributed by atoms with Crippen molar-refractivity contribution in [3.63, 3.8) is 0 Å². The quantitative estimate of drug-likeness (QED) is 0.252. The second-order valence-electron chi connectivity index (χ2n) is 10.2. The minimum Gasteiger partial charge on any atom is -0.390 e. The summed E-state index contributed by atoms with van der Waals surface area (Å²) in [7, 11) is 0. The summed E-state index contributed by atoms with van der Waals surface area (Å²) < 4.78 is 27.9. The molecule has 0 saturated heterocycles. The van der Waals surface area contributed by atoms with Gasteiger partial charge < -0.3 is 20.6 Å². The van der Waals surface area contributed by atoms with Crippen LogP contribution in [-0.4, -0.2) is 63.6 Å². The summed E-state index contributed by atoms with van der Waals surface area (Å²) in [6.45, 7) is 7.29. The summed E-state index contributed by atoms with van der Waals surface area (Å²) in [6.07, 6.45) is 7.30. The molecule has 2 amide bonds. The molecule has 1 heterocycles. The topological polar surface area (TPSA) is 107 Å². The Morgan fingerprint density at radius 1 is 1.05 bits per heavy atom. The molecule has 3 rings (SSSR count). The number of nitrogens with one attached hydrogen (secondary N) is 2. The van der Waals surface area contributed by atoms with E-state index in [1.54, 1.807) is 30.0 Å². The Labute approximate surface area is 245 Å². The fourth-order valence-corrected chi connectivity index (χ4v) is 4.65. The highest BCUT2D eigenvalue weighted by Gasteiger charge is 2.24. The minimum absolute atomic E-state index is 0.0265. The molecule has 0 bridgehead atoms. The van der Waals surface area contributed by atoms with Crippen LogP contribution in [0.2, 0.25) is 0 Å². The van der Waals surface area contributed by atoms with Crippen LogP contribution < -0.4 is 10.6 Å². The lowest BCUT2D eigenvalue weighted by Crippen LogP contribution is -2.48. The van der Waals surface area contributed by atoms with Crippen LogP contribution in [0, 0.1) is 30.9 Å². The van der Waals surface area contributed by atoms with Gasteiger partial charge in [0.05, 0.1) is 17.8 Å². The molecule has 8 nitrogen and oxygen atoms in total. The first-order chi connectivity index (χ1) is 20.1. The van der Waals surface area contributed by atoms with Gasteiger partial charge in [-0.05, 0) is 79.6 Å². The molecule has 42 heavy (non-hydrogen) atoms. The van der Waals surface area contributed by atoms with Gasteiger partial charge in [0.2, 0.25) is 5.82 Å². The Balaban J connectivity index is 1.81. The third-order valence-corrected chi connectivity index (χ3v) is 6.52. The van der Waals surface area contributed by atoms with Crippen LogP contribution in [0.5, 0.6) is 0 Å². The predicted octanol–water partition coefficient (Wildman–Crippen LogP) is 3.80. The number of rotatable bonds is 14. The van der Waals surface area contributed by atoms with Gasteiger partial charge >= 0.3 is 0 Å². The van der Waals surface area contributed by atoms with Crippen LogP contribution >= 0.6 is 0 Å². The van der Waals surface area contributed by atoms with Gasteiger partial charge in [0.1, 0.15) is 11.6 Å². The van der Waals surface area contributed by atoms with E-state index in [0.717, 1.165) is 36.6 Å². The summed E-state index contributed by atoms with van der Waals surface area (Å²) in [6, 6.07) is 8.74. The summed E-state index contributed by atoms with van der Waals surface area (Å²) in [5, 5.41) is 17.0. The van der Waals surface area contributed by atoms with Crippen molar-refractivity contribution in [2.45, 2.75) is 58.7 Å². The van der Waals surface area contributed by atoms with E-state index in [-0.39, 0.29) is 42.4 Å². The van der Waals surface area contributed by atoms with Crippen molar-refractivity contribution in [3.8, 4) is 12.3 Å². The van der Waals surface area contributed by atoms with Gasteiger partial charge in [0.15, 0.2) is 0 Å². The number of carbonyl (C=O) groups excluding carboxylic acids is 2. The molecule has 3 aromatic rings. The van der Waals surface area contributed by atoms with Crippen molar-refractivity contribution in [1.29, 1.82) is 0 Å². The van der Waals surface area contributed by atoms with Crippen LogP contribution in [0.3, 0.4) is 0 Å². The summed E-state index contributed by atoms with van der Waals surface area (Å²) in [4.78, 5) is 36.6. The molecule has 2 aromatic carbocycles. The molecule has 0 aliphatic heterocycles. The van der Waals surface area contributed by atoms with E-state index in [4.69, 9.17) is 6.42 Å². The zero-order valence-electron chi connectivity index (χ0n) is 24.2. The van der Waals surface area contributed by atoms with Crippen LogP contribution in [0.1, 0.15) is 70.1 Å². The first kappa shape index (κ1) is 32.3. The van der Waals surface area contributed by atoms with E-state index >= 15 is 0 Å². The van der Waals surface area contributed by atoms with Crippen molar-refractivity contribution >= 4 is 11.8 Å². The van der Waals surface area contributed by atoms with Crippen LogP contribution in [-0.2, 0) is 13.0 Å². The zero-order chi connectivity index (χ0) is 30.6. The van der Waals surface area contributed by atoms with Gasteiger partial charge in [-0.2, -0.15) is 0 Å². The fraction of sp³-hybridized carbons (Fsp3) is 0.375. The molecular formula is C32H37F2N5O3. The van der Waals surface area contributed by atoms with Crippen molar-refractivity contribution in [1.82, 2.24) is 25.5 Å². The van der Waals surface area contributed by atoms with Crippen molar-refractivity contribution in [2.24, 2.45) is 0 Å². The second-order valence-corrected chi connectivity index (χ2v) is 10.2. The third kappa shape index (κ3) is 9.43. The molecule has 3 N–H and O–H groups in total. The highest BCUT2D eigenvalue weighted by Crippen LogP contribution is 2.16. The highest BCUT2D eigenvalue weighted by molar-refractivity contribution is 6.00. The average Bonchev–Trinajstić information content (AvgIpc) is 2.95. The number of nitrogens with zero attached hydrogens (tertiary/aromatic N) is 3. The maximum Gasteiger partial charge on any atom is 0.253 e. The molecule has 222 valence electrons. The van der Waals surface area contributed by atoms with Crippen molar-refractivity contribution < 1.29 is 23.5 Å². The maximum atomic E-state index is 13.9. The maximum absolute atomic E-state index is 13.9. The largest absolute Gasteiger partial charge is 0.390 e. The van der Waals surface area contributed by atoms with E-state index in [1.165, 1.54) is 12.3 Å². The van der Waals surface area contributed by atoms with Gasteiger partial charge in [0.25, 0.3) is 11.8 Å². The number of amides is 2. The van der Waals surface area contributed by atoms with Crippen molar-refractivity contribution in [2.75, 3.05) is 19.6 Å². The summed E-state index contributed by atoms with van der Waals surface area (Å²) >= 11 is 0. The monoisotopic (exact) mass is 577 g/mol. The minimum atomic E-state index is -1.15. The van der Waals surface area contributed by atoms with Gasteiger partial charge in [-0.1, -0.05) is 13.8 Å². The number of aromatic nitrogens is 2.